The topological polar surface area (TPSA) is 74.4 Å². The number of H-pyrrole nitrogens is 1. The summed E-state index contributed by atoms with van der Waals surface area (Å²) in [4.78, 5) is 27.1. The van der Waals surface area contributed by atoms with Crippen LogP contribution in [0.25, 0.3) is 11.0 Å². The number of alkyl halides is 3. The number of aromatic amines is 1. The molecule has 146 valence electrons. The lowest BCUT2D eigenvalue weighted by Gasteiger charge is -2.27. The van der Waals surface area contributed by atoms with Gasteiger partial charge in [0, 0.05) is 32.4 Å². The zero-order valence-corrected chi connectivity index (χ0v) is 14.7. The maximum absolute atomic E-state index is 12.2. The number of likely N-dealkylation sites (tertiary alicyclic amines) is 1. The molecule has 1 saturated heterocycles. The van der Waals surface area contributed by atoms with E-state index in [0.29, 0.717) is 13.1 Å². The fraction of sp³-hybridized carbons (Fsp3) is 0.588. The zero-order valence-electron chi connectivity index (χ0n) is 14.7. The van der Waals surface area contributed by atoms with Crippen LogP contribution in [0.4, 0.5) is 23.8 Å². The van der Waals surface area contributed by atoms with Gasteiger partial charge in [-0.25, -0.2) is 14.8 Å². The van der Waals surface area contributed by atoms with Crippen LogP contribution >= 0.6 is 0 Å². The fourth-order valence-electron chi connectivity index (χ4n) is 4.28. The van der Waals surface area contributed by atoms with Gasteiger partial charge < -0.3 is 19.5 Å². The second kappa shape index (κ2) is 6.58. The van der Waals surface area contributed by atoms with Crippen molar-refractivity contribution < 1.29 is 22.7 Å². The Labute approximate surface area is 153 Å². The molecule has 1 N–H and O–H groups in total. The largest absolute Gasteiger partial charge is 0.440 e. The number of nitrogens with zero attached hydrogens (tertiary/aromatic N) is 4. The van der Waals surface area contributed by atoms with Crippen LogP contribution in [0.15, 0.2) is 18.6 Å². The first kappa shape index (κ1) is 17.9. The maximum Gasteiger partial charge on any atom is 0.422 e. The molecule has 3 atom stereocenters. The lowest BCUT2D eigenvalue weighted by Crippen LogP contribution is -2.36. The molecule has 2 aromatic rings. The summed E-state index contributed by atoms with van der Waals surface area (Å²) in [6, 6.07) is 2.20. The van der Waals surface area contributed by atoms with Crippen molar-refractivity contribution in [2.75, 3.05) is 31.6 Å². The number of rotatable bonds is 3. The summed E-state index contributed by atoms with van der Waals surface area (Å²) in [7, 11) is 2.00. The molecule has 10 heteroatoms. The molecule has 0 bridgehead atoms. The highest BCUT2D eigenvalue weighted by Gasteiger charge is 2.44. The number of amides is 1. The smallest absolute Gasteiger partial charge is 0.422 e. The molecule has 3 heterocycles. The zero-order chi connectivity index (χ0) is 19.2. The molecule has 1 amide bonds. The lowest BCUT2D eigenvalue weighted by atomic mass is 10.0. The quantitative estimate of drug-likeness (QED) is 0.882. The van der Waals surface area contributed by atoms with E-state index in [-0.39, 0.29) is 17.9 Å². The molecule has 2 unspecified atom stereocenters. The van der Waals surface area contributed by atoms with E-state index < -0.39 is 18.9 Å². The van der Waals surface area contributed by atoms with Gasteiger partial charge in [-0.1, -0.05) is 0 Å². The number of fused-ring (bicyclic) bond motifs is 2. The molecular weight excluding hydrogens is 363 g/mol. The van der Waals surface area contributed by atoms with Gasteiger partial charge in [0.2, 0.25) is 0 Å². The molecule has 7 nitrogen and oxygen atoms in total. The third-order valence-electron chi connectivity index (χ3n) is 5.56. The second-order valence-electron chi connectivity index (χ2n) is 7.27. The van der Waals surface area contributed by atoms with Crippen molar-refractivity contribution in [2.24, 2.45) is 11.8 Å². The van der Waals surface area contributed by atoms with Crippen LogP contribution in [0.5, 0.6) is 0 Å². The molecule has 0 radical (unpaired) electrons. The predicted octanol–water partition coefficient (Wildman–Crippen LogP) is 2.80. The van der Waals surface area contributed by atoms with Gasteiger partial charge in [0.25, 0.3) is 0 Å². The number of halogens is 3. The van der Waals surface area contributed by atoms with Crippen LogP contribution in [-0.4, -0.2) is 64.9 Å². The third-order valence-corrected chi connectivity index (χ3v) is 5.56. The molecule has 1 aliphatic carbocycles. The van der Waals surface area contributed by atoms with Gasteiger partial charge in [0.1, 0.15) is 17.8 Å². The molecule has 27 heavy (non-hydrogen) atoms. The minimum Gasteiger partial charge on any atom is -0.440 e. The molecule has 0 spiro atoms. The summed E-state index contributed by atoms with van der Waals surface area (Å²) in [5, 5.41) is 0.953. The summed E-state index contributed by atoms with van der Waals surface area (Å²) in [5.41, 5.74) is 0.781. The lowest BCUT2D eigenvalue weighted by molar-refractivity contribution is -0.162. The van der Waals surface area contributed by atoms with E-state index in [1.165, 1.54) is 11.2 Å². The minimum absolute atomic E-state index is 0.263. The molecule has 4 rings (SSSR count). The van der Waals surface area contributed by atoms with Crippen molar-refractivity contribution in [2.45, 2.75) is 25.1 Å². The summed E-state index contributed by atoms with van der Waals surface area (Å²) < 4.78 is 41.0. The van der Waals surface area contributed by atoms with E-state index in [2.05, 4.69) is 24.6 Å². The van der Waals surface area contributed by atoms with Crippen LogP contribution in [0, 0.1) is 11.8 Å². The van der Waals surface area contributed by atoms with Crippen molar-refractivity contribution in [1.82, 2.24) is 19.9 Å². The maximum atomic E-state index is 12.2. The first-order chi connectivity index (χ1) is 12.8. The van der Waals surface area contributed by atoms with Crippen LogP contribution in [-0.2, 0) is 4.74 Å². The molecule has 2 fully saturated rings. The SMILES string of the molecule is CN(c1ncnc2[nH]ccc12)C1CC2CN(C(=O)OCC(F)(F)F)C[C@@H]2C1. The number of ether oxygens (including phenoxy) is 1. The van der Waals surface area contributed by atoms with Gasteiger partial charge in [-0.15, -0.1) is 0 Å². The predicted molar refractivity (Wildman–Crippen MR) is 91.3 cm³/mol. The Bertz CT molecular complexity index is 825. The molecule has 1 aliphatic heterocycles. The fourth-order valence-corrected chi connectivity index (χ4v) is 4.28. The van der Waals surface area contributed by atoms with Crippen LogP contribution in [0.3, 0.4) is 0 Å². The van der Waals surface area contributed by atoms with Crippen molar-refractivity contribution in [1.29, 1.82) is 0 Å². The Balaban J connectivity index is 1.37. The highest BCUT2D eigenvalue weighted by atomic mass is 19.4. The van der Waals surface area contributed by atoms with Crippen LogP contribution in [0.1, 0.15) is 12.8 Å². The Morgan fingerprint density at radius 3 is 2.70 bits per heavy atom. The van der Waals surface area contributed by atoms with Crippen molar-refractivity contribution in [3.63, 3.8) is 0 Å². The molecule has 0 aromatic carbocycles. The van der Waals surface area contributed by atoms with Gasteiger partial charge in [-0.2, -0.15) is 13.2 Å². The van der Waals surface area contributed by atoms with Gasteiger partial charge in [0.05, 0.1) is 5.39 Å². The number of nitrogens with one attached hydrogen (secondary N) is 1. The van der Waals surface area contributed by atoms with Crippen LogP contribution < -0.4 is 4.90 Å². The third kappa shape index (κ3) is 3.52. The average Bonchev–Trinajstić information content (AvgIpc) is 3.31. The van der Waals surface area contributed by atoms with E-state index in [0.717, 1.165) is 29.7 Å². The first-order valence-corrected chi connectivity index (χ1v) is 8.81. The molecule has 2 aliphatic rings. The van der Waals surface area contributed by atoms with E-state index in [1.807, 2.05) is 19.3 Å². The normalized spacial score (nSPS) is 25.0. The van der Waals surface area contributed by atoms with Crippen molar-refractivity contribution in [3.8, 4) is 0 Å². The van der Waals surface area contributed by atoms with E-state index >= 15 is 0 Å². The molecule has 1 saturated carbocycles. The summed E-state index contributed by atoms with van der Waals surface area (Å²) in [5.74, 6) is 1.38. The van der Waals surface area contributed by atoms with E-state index in [4.69, 9.17) is 0 Å². The van der Waals surface area contributed by atoms with Gasteiger partial charge in [-0.05, 0) is 30.7 Å². The van der Waals surface area contributed by atoms with Gasteiger partial charge in [-0.3, -0.25) is 0 Å². The average molecular weight is 383 g/mol. The first-order valence-electron chi connectivity index (χ1n) is 8.81. The Hall–Kier alpha value is -2.52. The van der Waals surface area contributed by atoms with E-state index in [9.17, 15) is 18.0 Å². The highest BCUT2D eigenvalue weighted by molar-refractivity contribution is 5.87. The van der Waals surface area contributed by atoms with Crippen molar-refractivity contribution >= 4 is 22.9 Å². The van der Waals surface area contributed by atoms with Crippen molar-refractivity contribution in [3.05, 3.63) is 18.6 Å². The number of hydrogen-bond donors (Lipinski definition) is 1. The Morgan fingerprint density at radius 1 is 1.33 bits per heavy atom. The number of aromatic nitrogens is 3. The Morgan fingerprint density at radius 2 is 2.04 bits per heavy atom. The summed E-state index contributed by atoms with van der Waals surface area (Å²) >= 11 is 0. The van der Waals surface area contributed by atoms with Crippen LogP contribution in [0.2, 0.25) is 0 Å². The van der Waals surface area contributed by atoms with Gasteiger partial charge >= 0.3 is 12.3 Å². The number of carbonyl (C=O) groups is 1. The van der Waals surface area contributed by atoms with Gasteiger partial charge in [0.15, 0.2) is 6.61 Å². The van der Waals surface area contributed by atoms with E-state index in [1.54, 1.807) is 0 Å². The molecular formula is C17H20F3N5O2. The molecule has 2 aromatic heterocycles. The summed E-state index contributed by atoms with van der Waals surface area (Å²) in [6.07, 6.45) is -0.305. The summed E-state index contributed by atoms with van der Waals surface area (Å²) in [6.45, 7) is -0.659. The highest BCUT2D eigenvalue weighted by Crippen LogP contribution is 2.41. The monoisotopic (exact) mass is 383 g/mol. The number of hydrogen-bond acceptors (Lipinski definition) is 5. The number of anilines is 1. The second-order valence-corrected chi connectivity index (χ2v) is 7.27. The Kier molecular flexibility index (Phi) is 4.35. The number of carbonyl (C=O) groups excluding carboxylic acids is 1. The standard InChI is InChI=1S/C17H20F3N5O2/c1-24(15-13-2-3-21-14(13)22-9-23-15)12-4-10-6-25(7-11(10)5-12)16(26)27-8-17(18,19)20/h2-3,9-12H,4-8H2,1H3,(H,21,22,23)/t10-,11?,12?/m0/s1. The minimum atomic E-state index is -4.50.